The molecule has 31 heavy (non-hydrogen) atoms. The number of hydrogen-bond acceptors (Lipinski definition) is 5. The highest BCUT2D eigenvalue weighted by molar-refractivity contribution is 6.33. The maximum absolute atomic E-state index is 12.8. The first kappa shape index (κ1) is 20.4. The van der Waals surface area contributed by atoms with Crippen LogP contribution in [-0.2, 0) is 9.59 Å². The number of carbonyl (C=O) groups excluding carboxylic acids is 2. The molecule has 9 heteroatoms. The summed E-state index contributed by atoms with van der Waals surface area (Å²) < 4.78 is 5.69. The topological polar surface area (TPSA) is 106 Å². The summed E-state index contributed by atoms with van der Waals surface area (Å²) in [5.41, 5.74) is 5.26. The smallest absolute Gasteiger partial charge is 0.282 e. The second-order valence-corrected chi connectivity index (χ2v) is 7.44. The van der Waals surface area contributed by atoms with Gasteiger partial charge in [0.1, 0.15) is 17.1 Å². The molecule has 2 amide bonds. The number of halogens is 1. The third kappa shape index (κ3) is 3.80. The molecule has 0 radical (unpaired) electrons. The maximum Gasteiger partial charge on any atom is 0.282 e. The van der Waals surface area contributed by atoms with Crippen LogP contribution in [0.2, 0.25) is 5.02 Å². The fourth-order valence-corrected chi connectivity index (χ4v) is 3.35. The highest BCUT2D eigenvalue weighted by atomic mass is 35.5. The molecule has 3 aromatic rings. The fourth-order valence-electron chi connectivity index (χ4n) is 3.14. The minimum absolute atomic E-state index is 0.0933. The van der Waals surface area contributed by atoms with Gasteiger partial charge in [0.15, 0.2) is 0 Å². The standard InChI is InChI=1S/C22H16ClN3O5/c1-12-3-4-14(9-13(12)2)25-22(28)18(21(27)24-25)11-16-6-8-20(31-16)17-10-15(26(29)30)5-7-19(17)23/h3-11H,1-2H3,(H,24,27)/b18-11+. The van der Waals surface area contributed by atoms with Gasteiger partial charge in [0.25, 0.3) is 17.5 Å². The molecule has 0 bridgehead atoms. The van der Waals surface area contributed by atoms with Crippen molar-refractivity contribution in [1.82, 2.24) is 5.43 Å². The summed E-state index contributed by atoms with van der Waals surface area (Å²) in [4.78, 5) is 35.7. The average molecular weight is 438 g/mol. The number of non-ortho nitro benzene ring substituents is 1. The molecular formula is C22H16ClN3O5. The van der Waals surface area contributed by atoms with E-state index in [0.717, 1.165) is 11.1 Å². The molecular weight excluding hydrogens is 422 g/mol. The monoisotopic (exact) mass is 437 g/mol. The number of aryl methyl sites for hydroxylation is 2. The van der Waals surface area contributed by atoms with Crippen LogP contribution in [0, 0.1) is 24.0 Å². The van der Waals surface area contributed by atoms with Crippen molar-refractivity contribution in [2.45, 2.75) is 13.8 Å². The van der Waals surface area contributed by atoms with Crippen molar-refractivity contribution in [1.29, 1.82) is 0 Å². The summed E-state index contributed by atoms with van der Waals surface area (Å²) in [6, 6.07) is 12.5. The highest BCUT2D eigenvalue weighted by Crippen LogP contribution is 2.33. The molecule has 4 rings (SSSR count). The number of nitro groups is 1. The number of hydrogen-bond donors (Lipinski definition) is 1. The van der Waals surface area contributed by atoms with Crippen LogP contribution in [0.1, 0.15) is 16.9 Å². The van der Waals surface area contributed by atoms with Crippen molar-refractivity contribution in [3.05, 3.63) is 86.1 Å². The molecule has 1 aromatic heterocycles. The number of hydrazine groups is 1. The van der Waals surface area contributed by atoms with Crippen LogP contribution in [0.15, 0.2) is 58.5 Å². The number of nitro benzene ring substituents is 1. The minimum atomic E-state index is -0.561. The van der Waals surface area contributed by atoms with E-state index < -0.39 is 16.7 Å². The summed E-state index contributed by atoms with van der Waals surface area (Å²) >= 11 is 6.15. The van der Waals surface area contributed by atoms with Crippen molar-refractivity contribution < 1.29 is 18.9 Å². The van der Waals surface area contributed by atoms with Gasteiger partial charge in [0, 0.05) is 17.7 Å². The van der Waals surface area contributed by atoms with Gasteiger partial charge in [0.2, 0.25) is 0 Å². The number of rotatable bonds is 4. The van der Waals surface area contributed by atoms with Gasteiger partial charge < -0.3 is 4.42 Å². The van der Waals surface area contributed by atoms with Crippen LogP contribution in [-0.4, -0.2) is 16.7 Å². The van der Waals surface area contributed by atoms with Crippen molar-refractivity contribution in [3.63, 3.8) is 0 Å². The lowest BCUT2D eigenvalue weighted by molar-refractivity contribution is -0.384. The molecule has 1 aliphatic rings. The Balaban J connectivity index is 1.64. The van der Waals surface area contributed by atoms with Crippen molar-refractivity contribution in [2.24, 2.45) is 0 Å². The Morgan fingerprint density at radius 3 is 2.55 bits per heavy atom. The normalized spacial score (nSPS) is 14.9. The zero-order chi connectivity index (χ0) is 22.3. The number of benzene rings is 2. The predicted octanol–water partition coefficient (Wildman–Crippen LogP) is 4.59. The summed E-state index contributed by atoms with van der Waals surface area (Å²) in [5, 5.41) is 12.5. The molecule has 1 aliphatic heterocycles. The molecule has 8 nitrogen and oxygen atoms in total. The van der Waals surface area contributed by atoms with Gasteiger partial charge in [-0.15, -0.1) is 0 Å². The molecule has 2 heterocycles. The SMILES string of the molecule is Cc1ccc(N2NC(=O)/C(=C\c3ccc(-c4cc([N+](=O)[O-])ccc4Cl)o3)C2=O)cc1C. The first-order valence-electron chi connectivity index (χ1n) is 9.23. The van der Waals surface area contributed by atoms with E-state index in [1.54, 1.807) is 18.2 Å². The predicted molar refractivity (Wildman–Crippen MR) is 115 cm³/mol. The maximum atomic E-state index is 12.8. The van der Waals surface area contributed by atoms with Crippen LogP contribution in [0.4, 0.5) is 11.4 Å². The second-order valence-electron chi connectivity index (χ2n) is 7.03. The van der Waals surface area contributed by atoms with Crippen LogP contribution in [0.25, 0.3) is 17.4 Å². The third-order valence-corrected chi connectivity index (χ3v) is 5.31. The summed E-state index contributed by atoms with van der Waals surface area (Å²) in [5.74, 6) is -0.565. The van der Waals surface area contributed by atoms with E-state index in [2.05, 4.69) is 5.43 Å². The van der Waals surface area contributed by atoms with Gasteiger partial charge in [-0.1, -0.05) is 17.7 Å². The number of carbonyl (C=O) groups is 2. The van der Waals surface area contributed by atoms with E-state index in [9.17, 15) is 19.7 Å². The Kier molecular flexibility index (Phi) is 5.08. The first-order chi connectivity index (χ1) is 14.7. The lowest BCUT2D eigenvalue weighted by atomic mass is 10.1. The van der Waals surface area contributed by atoms with Gasteiger partial charge in [-0.05, 0) is 61.4 Å². The Morgan fingerprint density at radius 1 is 1.06 bits per heavy atom. The van der Waals surface area contributed by atoms with Gasteiger partial charge in [-0.3, -0.25) is 25.1 Å². The van der Waals surface area contributed by atoms with Gasteiger partial charge in [0.05, 0.1) is 15.6 Å². The number of amides is 2. The average Bonchev–Trinajstić information content (AvgIpc) is 3.30. The zero-order valence-electron chi connectivity index (χ0n) is 16.5. The molecule has 1 N–H and O–H groups in total. The van der Waals surface area contributed by atoms with E-state index in [-0.39, 0.29) is 27.8 Å². The number of nitrogens with zero attached hydrogens (tertiary/aromatic N) is 2. The van der Waals surface area contributed by atoms with Crippen LogP contribution in [0.5, 0.6) is 0 Å². The summed E-state index contributed by atoms with van der Waals surface area (Å²) in [7, 11) is 0. The van der Waals surface area contributed by atoms with Crippen LogP contribution >= 0.6 is 11.6 Å². The highest BCUT2D eigenvalue weighted by Gasteiger charge is 2.35. The molecule has 1 saturated heterocycles. The number of nitrogens with one attached hydrogen (secondary N) is 1. The molecule has 2 aromatic carbocycles. The van der Waals surface area contributed by atoms with Crippen LogP contribution in [0.3, 0.4) is 0 Å². The Hall–Kier alpha value is -3.91. The van der Waals surface area contributed by atoms with Gasteiger partial charge >= 0.3 is 0 Å². The molecule has 0 spiro atoms. The van der Waals surface area contributed by atoms with E-state index in [4.69, 9.17) is 16.0 Å². The summed E-state index contributed by atoms with van der Waals surface area (Å²) in [6.07, 6.45) is 1.33. The van der Waals surface area contributed by atoms with E-state index >= 15 is 0 Å². The minimum Gasteiger partial charge on any atom is -0.457 e. The Labute approximate surface area is 181 Å². The molecule has 0 unspecified atom stereocenters. The Morgan fingerprint density at radius 2 is 1.84 bits per heavy atom. The van der Waals surface area contributed by atoms with Crippen molar-refractivity contribution >= 4 is 40.9 Å². The van der Waals surface area contributed by atoms with Crippen LogP contribution < -0.4 is 10.4 Å². The number of anilines is 1. The second kappa shape index (κ2) is 7.73. The molecule has 156 valence electrons. The molecule has 0 aliphatic carbocycles. The molecule has 0 atom stereocenters. The number of furan rings is 1. The lowest BCUT2D eigenvalue weighted by Crippen LogP contribution is -2.35. The van der Waals surface area contributed by atoms with E-state index in [1.807, 2.05) is 26.0 Å². The lowest BCUT2D eigenvalue weighted by Gasteiger charge is -2.15. The van der Waals surface area contributed by atoms with E-state index in [1.165, 1.54) is 29.3 Å². The Bertz CT molecular complexity index is 1280. The zero-order valence-corrected chi connectivity index (χ0v) is 17.3. The first-order valence-corrected chi connectivity index (χ1v) is 9.61. The summed E-state index contributed by atoms with van der Waals surface area (Å²) in [6.45, 7) is 3.87. The third-order valence-electron chi connectivity index (χ3n) is 4.98. The molecule has 1 fully saturated rings. The largest absolute Gasteiger partial charge is 0.457 e. The van der Waals surface area contributed by atoms with Gasteiger partial charge in [-0.2, -0.15) is 0 Å². The fraction of sp³-hybridized carbons (Fsp3) is 0.0909. The van der Waals surface area contributed by atoms with Crippen molar-refractivity contribution in [2.75, 3.05) is 5.01 Å². The van der Waals surface area contributed by atoms with E-state index in [0.29, 0.717) is 11.3 Å². The van der Waals surface area contributed by atoms with Crippen molar-refractivity contribution in [3.8, 4) is 11.3 Å². The molecule has 0 saturated carbocycles. The van der Waals surface area contributed by atoms with Gasteiger partial charge in [-0.25, -0.2) is 5.01 Å². The quantitative estimate of drug-likeness (QED) is 0.278.